The number of ketones is 1. The van der Waals surface area contributed by atoms with Crippen molar-refractivity contribution in [1.82, 2.24) is 0 Å². The molecule has 2 aromatic rings. The van der Waals surface area contributed by atoms with Gasteiger partial charge < -0.3 is 4.42 Å². The van der Waals surface area contributed by atoms with Crippen LogP contribution in [0, 0.1) is 12.7 Å². The normalized spacial score (nSPS) is 10.4. The Hall–Kier alpha value is -1.90. The van der Waals surface area contributed by atoms with Gasteiger partial charge in [-0.25, -0.2) is 4.39 Å². The number of furan rings is 1. The van der Waals surface area contributed by atoms with Crippen LogP contribution in [0.4, 0.5) is 4.39 Å². The Bertz CT molecular complexity index is 514. The molecule has 2 nitrogen and oxygen atoms in total. The minimum atomic E-state index is -0.361. The fourth-order valence-electron chi connectivity index (χ4n) is 1.55. The average Bonchev–Trinajstić information content (AvgIpc) is 2.68. The number of hydrogen-bond acceptors (Lipinski definition) is 2. The van der Waals surface area contributed by atoms with Crippen LogP contribution in [0.5, 0.6) is 0 Å². The first-order valence-electron chi connectivity index (χ1n) is 4.99. The molecule has 0 spiro atoms. The number of benzene rings is 1. The van der Waals surface area contributed by atoms with E-state index in [-0.39, 0.29) is 18.0 Å². The molecule has 1 aromatic carbocycles. The molecule has 0 saturated heterocycles. The first-order chi connectivity index (χ1) is 7.68. The van der Waals surface area contributed by atoms with Crippen molar-refractivity contribution < 1.29 is 13.6 Å². The van der Waals surface area contributed by atoms with Gasteiger partial charge in [0, 0.05) is 6.42 Å². The lowest BCUT2D eigenvalue weighted by Crippen LogP contribution is -2.05. The molecular formula is C13H11FO2. The van der Waals surface area contributed by atoms with Crippen LogP contribution >= 0.6 is 0 Å². The number of aryl methyl sites for hydroxylation is 1. The molecule has 0 aliphatic carbocycles. The zero-order valence-corrected chi connectivity index (χ0v) is 8.87. The lowest BCUT2D eigenvalue weighted by Gasteiger charge is -2.01. The molecule has 3 heteroatoms. The van der Waals surface area contributed by atoms with E-state index >= 15 is 0 Å². The zero-order chi connectivity index (χ0) is 11.5. The molecular weight excluding hydrogens is 207 g/mol. The van der Waals surface area contributed by atoms with Crippen molar-refractivity contribution in [2.24, 2.45) is 0 Å². The quantitative estimate of drug-likeness (QED) is 0.741. The summed E-state index contributed by atoms with van der Waals surface area (Å²) in [7, 11) is 0. The minimum absolute atomic E-state index is 0.0288. The lowest BCUT2D eigenvalue weighted by atomic mass is 10.1. The van der Waals surface area contributed by atoms with E-state index in [1.54, 1.807) is 31.2 Å². The van der Waals surface area contributed by atoms with Crippen LogP contribution < -0.4 is 0 Å². The molecule has 1 aromatic heterocycles. The molecule has 0 saturated carbocycles. The highest BCUT2D eigenvalue weighted by molar-refractivity contribution is 5.96. The third-order valence-electron chi connectivity index (χ3n) is 2.42. The van der Waals surface area contributed by atoms with Crippen LogP contribution in [-0.4, -0.2) is 5.78 Å². The van der Waals surface area contributed by atoms with Gasteiger partial charge in [0.25, 0.3) is 0 Å². The Morgan fingerprint density at radius 3 is 2.69 bits per heavy atom. The Balaban J connectivity index is 2.21. The number of rotatable bonds is 3. The van der Waals surface area contributed by atoms with Crippen LogP contribution in [0.25, 0.3) is 0 Å². The third-order valence-corrected chi connectivity index (χ3v) is 2.42. The van der Waals surface area contributed by atoms with Crippen molar-refractivity contribution in [2.75, 3.05) is 0 Å². The third kappa shape index (κ3) is 2.03. The van der Waals surface area contributed by atoms with Crippen molar-refractivity contribution in [3.05, 3.63) is 59.3 Å². The summed E-state index contributed by atoms with van der Waals surface area (Å²) in [5, 5.41) is 0. The Labute approximate surface area is 92.7 Å². The van der Waals surface area contributed by atoms with Gasteiger partial charge in [-0.05, 0) is 30.2 Å². The standard InChI is InChI=1S/C13H11FO2/c1-9-6-7-16-13(9)12(15)8-10-4-2-3-5-11(10)14/h2-7H,8H2,1H3. The Morgan fingerprint density at radius 2 is 2.06 bits per heavy atom. The summed E-state index contributed by atoms with van der Waals surface area (Å²) in [6.07, 6.45) is 1.49. The molecule has 0 bridgehead atoms. The Kier molecular flexibility index (Phi) is 2.86. The fourth-order valence-corrected chi connectivity index (χ4v) is 1.55. The van der Waals surface area contributed by atoms with E-state index in [9.17, 15) is 9.18 Å². The number of carbonyl (C=O) groups excluding carboxylic acids is 1. The van der Waals surface area contributed by atoms with Gasteiger partial charge in [0.2, 0.25) is 5.78 Å². The monoisotopic (exact) mass is 218 g/mol. The summed E-state index contributed by atoms with van der Waals surface area (Å²) in [5.41, 5.74) is 1.17. The van der Waals surface area contributed by atoms with Gasteiger partial charge in [0.05, 0.1) is 6.26 Å². The highest BCUT2D eigenvalue weighted by Crippen LogP contribution is 2.14. The second kappa shape index (κ2) is 4.31. The predicted octanol–water partition coefficient (Wildman–Crippen LogP) is 3.15. The Morgan fingerprint density at radius 1 is 1.31 bits per heavy atom. The summed E-state index contributed by atoms with van der Waals surface area (Å²) >= 11 is 0. The van der Waals surface area contributed by atoms with E-state index in [0.717, 1.165) is 5.56 Å². The van der Waals surface area contributed by atoms with Gasteiger partial charge in [0.15, 0.2) is 5.76 Å². The summed E-state index contributed by atoms with van der Waals surface area (Å²) in [6, 6.07) is 7.97. The second-order valence-corrected chi connectivity index (χ2v) is 3.62. The van der Waals surface area contributed by atoms with Crippen molar-refractivity contribution in [2.45, 2.75) is 13.3 Å². The van der Waals surface area contributed by atoms with Gasteiger partial charge in [-0.1, -0.05) is 18.2 Å². The molecule has 0 unspecified atom stereocenters. The van der Waals surface area contributed by atoms with Gasteiger partial charge in [-0.3, -0.25) is 4.79 Å². The molecule has 0 amide bonds. The van der Waals surface area contributed by atoms with E-state index in [0.29, 0.717) is 11.3 Å². The molecule has 0 atom stereocenters. The van der Waals surface area contributed by atoms with Crippen molar-refractivity contribution in [3.8, 4) is 0 Å². The average molecular weight is 218 g/mol. The molecule has 0 aliphatic heterocycles. The molecule has 82 valence electrons. The van der Waals surface area contributed by atoms with Crippen LogP contribution in [0.3, 0.4) is 0 Å². The van der Waals surface area contributed by atoms with Crippen molar-refractivity contribution in [1.29, 1.82) is 0 Å². The smallest absolute Gasteiger partial charge is 0.202 e. The number of carbonyl (C=O) groups is 1. The largest absolute Gasteiger partial charge is 0.461 e. The highest BCUT2D eigenvalue weighted by Gasteiger charge is 2.14. The molecule has 1 heterocycles. The lowest BCUT2D eigenvalue weighted by molar-refractivity contribution is 0.0964. The van der Waals surface area contributed by atoms with E-state index in [1.165, 1.54) is 12.3 Å². The van der Waals surface area contributed by atoms with E-state index in [4.69, 9.17) is 4.42 Å². The van der Waals surface area contributed by atoms with Gasteiger partial charge >= 0.3 is 0 Å². The second-order valence-electron chi connectivity index (χ2n) is 3.62. The highest BCUT2D eigenvalue weighted by atomic mass is 19.1. The summed E-state index contributed by atoms with van der Waals surface area (Å²) < 4.78 is 18.4. The maximum Gasteiger partial charge on any atom is 0.202 e. The topological polar surface area (TPSA) is 30.2 Å². The van der Waals surface area contributed by atoms with E-state index < -0.39 is 0 Å². The van der Waals surface area contributed by atoms with Crippen LogP contribution in [0.15, 0.2) is 41.0 Å². The summed E-state index contributed by atoms with van der Waals surface area (Å²) in [4.78, 5) is 11.8. The van der Waals surface area contributed by atoms with Crippen LogP contribution in [0.2, 0.25) is 0 Å². The minimum Gasteiger partial charge on any atom is -0.461 e. The number of halogens is 1. The number of Topliss-reactive ketones (excluding diaryl/α,β-unsaturated/α-hetero) is 1. The molecule has 16 heavy (non-hydrogen) atoms. The van der Waals surface area contributed by atoms with Crippen LogP contribution in [0.1, 0.15) is 21.7 Å². The molecule has 0 fully saturated rings. The molecule has 0 aliphatic rings. The maximum absolute atomic E-state index is 13.3. The van der Waals surface area contributed by atoms with Crippen molar-refractivity contribution >= 4 is 5.78 Å². The summed E-state index contributed by atoms with van der Waals surface area (Å²) in [5.74, 6) is -0.254. The fraction of sp³-hybridized carbons (Fsp3) is 0.154. The molecule has 0 N–H and O–H groups in total. The maximum atomic E-state index is 13.3. The van der Waals surface area contributed by atoms with Crippen LogP contribution in [-0.2, 0) is 6.42 Å². The summed E-state index contributed by atoms with van der Waals surface area (Å²) in [6.45, 7) is 1.79. The first kappa shape index (κ1) is 10.6. The van der Waals surface area contributed by atoms with E-state index in [2.05, 4.69) is 0 Å². The van der Waals surface area contributed by atoms with Crippen molar-refractivity contribution in [3.63, 3.8) is 0 Å². The molecule has 0 radical (unpaired) electrons. The van der Waals surface area contributed by atoms with Gasteiger partial charge in [-0.2, -0.15) is 0 Å². The van der Waals surface area contributed by atoms with Gasteiger partial charge in [-0.15, -0.1) is 0 Å². The zero-order valence-electron chi connectivity index (χ0n) is 8.87. The first-order valence-corrected chi connectivity index (χ1v) is 4.99. The molecule has 2 rings (SSSR count). The van der Waals surface area contributed by atoms with Gasteiger partial charge in [0.1, 0.15) is 5.82 Å². The number of hydrogen-bond donors (Lipinski definition) is 0. The predicted molar refractivity (Wildman–Crippen MR) is 57.9 cm³/mol. The van der Waals surface area contributed by atoms with E-state index in [1.807, 2.05) is 0 Å². The SMILES string of the molecule is Cc1ccoc1C(=O)Cc1ccccc1F.